The van der Waals surface area contributed by atoms with Gasteiger partial charge in [-0.05, 0) is 36.2 Å². The molecule has 0 aliphatic rings. The fourth-order valence-electron chi connectivity index (χ4n) is 2.54. The number of nitrogens with two attached hydrogens (primary N) is 1. The van der Waals surface area contributed by atoms with Crippen LogP contribution in [0, 0.1) is 0 Å². The molecular weight excluding hydrogens is 294 g/mol. The van der Waals surface area contributed by atoms with E-state index < -0.39 is 0 Å². The average molecular weight is 317 g/mol. The molecule has 124 valence electrons. The van der Waals surface area contributed by atoms with Gasteiger partial charge in [0.25, 0.3) is 0 Å². The summed E-state index contributed by atoms with van der Waals surface area (Å²) >= 11 is 0. The van der Waals surface area contributed by atoms with Crippen LogP contribution in [0.1, 0.15) is 17.2 Å². The molecule has 23 heavy (non-hydrogen) atoms. The summed E-state index contributed by atoms with van der Waals surface area (Å²) in [5, 5.41) is 0. The van der Waals surface area contributed by atoms with E-state index in [0.717, 1.165) is 16.9 Å². The maximum atomic E-state index is 6.38. The molecule has 2 aromatic rings. The van der Waals surface area contributed by atoms with Crippen molar-refractivity contribution in [2.45, 2.75) is 12.5 Å². The first-order valence-electron chi connectivity index (χ1n) is 7.32. The molecule has 0 heterocycles. The Labute approximate surface area is 136 Å². The van der Waals surface area contributed by atoms with E-state index in [2.05, 4.69) is 0 Å². The van der Waals surface area contributed by atoms with Crippen LogP contribution in [0.3, 0.4) is 0 Å². The van der Waals surface area contributed by atoms with Crippen molar-refractivity contribution < 1.29 is 18.9 Å². The predicted octanol–water partition coefficient (Wildman–Crippen LogP) is 2.96. The lowest BCUT2D eigenvalue weighted by atomic mass is 9.98. The quantitative estimate of drug-likeness (QED) is 0.850. The largest absolute Gasteiger partial charge is 0.497 e. The molecule has 0 radical (unpaired) electrons. The molecule has 1 atom stereocenters. The zero-order chi connectivity index (χ0) is 16.8. The van der Waals surface area contributed by atoms with Crippen LogP contribution in [0.2, 0.25) is 0 Å². The summed E-state index contributed by atoms with van der Waals surface area (Å²) in [7, 11) is 6.42. The summed E-state index contributed by atoms with van der Waals surface area (Å²) in [5.41, 5.74) is 8.38. The average Bonchev–Trinajstić information content (AvgIpc) is 2.60. The molecule has 0 aliphatic heterocycles. The maximum Gasteiger partial charge on any atom is 0.203 e. The molecule has 0 bridgehead atoms. The third-order valence-electron chi connectivity index (χ3n) is 3.75. The van der Waals surface area contributed by atoms with Gasteiger partial charge in [-0.25, -0.2) is 0 Å². The molecule has 0 aromatic heterocycles. The van der Waals surface area contributed by atoms with Crippen molar-refractivity contribution in [1.29, 1.82) is 0 Å². The summed E-state index contributed by atoms with van der Waals surface area (Å²) in [5.74, 6) is 2.60. The molecule has 2 aromatic carbocycles. The molecule has 5 nitrogen and oxygen atoms in total. The summed E-state index contributed by atoms with van der Waals surface area (Å²) in [6, 6.07) is 11.4. The first-order chi connectivity index (χ1) is 11.1. The van der Waals surface area contributed by atoms with Crippen molar-refractivity contribution in [2.24, 2.45) is 5.73 Å². The predicted molar refractivity (Wildman–Crippen MR) is 89.7 cm³/mol. The van der Waals surface area contributed by atoms with Gasteiger partial charge in [-0.15, -0.1) is 0 Å². The second-order valence-electron chi connectivity index (χ2n) is 5.08. The lowest BCUT2D eigenvalue weighted by Crippen LogP contribution is -2.15. The molecule has 0 amide bonds. The monoisotopic (exact) mass is 317 g/mol. The van der Waals surface area contributed by atoms with Crippen molar-refractivity contribution in [3.8, 4) is 23.0 Å². The number of rotatable bonds is 7. The normalized spacial score (nSPS) is 11.7. The minimum atomic E-state index is -0.224. The van der Waals surface area contributed by atoms with Gasteiger partial charge in [-0.1, -0.05) is 12.1 Å². The molecule has 0 saturated heterocycles. The highest BCUT2D eigenvalue weighted by atomic mass is 16.5. The molecule has 1 unspecified atom stereocenters. The Morgan fingerprint density at radius 1 is 0.783 bits per heavy atom. The Morgan fingerprint density at radius 3 is 1.96 bits per heavy atom. The number of ether oxygens (including phenoxy) is 4. The number of benzene rings is 2. The Hall–Kier alpha value is -2.40. The van der Waals surface area contributed by atoms with Crippen LogP contribution in [0.5, 0.6) is 23.0 Å². The van der Waals surface area contributed by atoms with Crippen LogP contribution in [-0.4, -0.2) is 28.4 Å². The van der Waals surface area contributed by atoms with E-state index in [1.54, 1.807) is 28.4 Å². The van der Waals surface area contributed by atoms with Crippen molar-refractivity contribution in [3.05, 3.63) is 47.5 Å². The Bertz CT molecular complexity index is 640. The van der Waals surface area contributed by atoms with E-state index in [0.29, 0.717) is 23.7 Å². The summed E-state index contributed by atoms with van der Waals surface area (Å²) in [6.07, 6.45) is 0.676. The summed E-state index contributed by atoms with van der Waals surface area (Å²) < 4.78 is 21.4. The second-order valence-corrected chi connectivity index (χ2v) is 5.08. The van der Waals surface area contributed by atoms with Crippen LogP contribution in [0.15, 0.2) is 36.4 Å². The fraction of sp³-hybridized carbons (Fsp3) is 0.333. The minimum Gasteiger partial charge on any atom is -0.497 e. The van der Waals surface area contributed by atoms with Crippen LogP contribution >= 0.6 is 0 Å². The number of hydrogen-bond donors (Lipinski definition) is 1. The lowest BCUT2D eigenvalue weighted by Gasteiger charge is -2.20. The standard InChI is InChI=1S/C18H23NO4/c1-20-13-7-5-12(6-8-13)11-15(19)14-9-10-16(21-2)18(23-4)17(14)22-3/h5-10,15H,11,19H2,1-4H3. The van der Waals surface area contributed by atoms with E-state index in [4.69, 9.17) is 24.7 Å². The SMILES string of the molecule is COc1ccc(CC(N)c2ccc(OC)c(OC)c2OC)cc1. The van der Waals surface area contributed by atoms with Crippen LogP contribution in [0.25, 0.3) is 0 Å². The van der Waals surface area contributed by atoms with E-state index in [1.807, 2.05) is 36.4 Å². The van der Waals surface area contributed by atoms with Crippen molar-refractivity contribution in [1.82, 2.24) is 0 Å². The highest BCUT2D eigenvalue weighted by Crippen LogP contribution is 2.42. The van der Waals surface area contributed by atoms with Crippen molar-refractivity contribution in [3.63, 3.8) is 0 Å². The highest BCUT2D eigenvalue weighted by Gasteiger charge is 2.20. The molecule has 0 spiro atoms. The van der Waals surface area contributed by atoms with Gasteiger partial charge in [0.1, 0.15) is 5.75 Å². The van der Waals surface area contributed by atoms with Crippen LogP contribution in [-0.2, 0) is 6.42 Å². The Kier molecular flexibility index (Phi) is 5.71. The summed E-state index contributed by atoms with van der Waals surface area (Å²) in [6.45, 7) is 0. The maximum absolute atomic E-state index is 6.38. The molecule has 0 aliphatic carbocycles. The van der Waals surface area contributed by atoms with Gasteiger partial charge in [0.05, 0.1) is 28.4 Å². The van der Waals surface area contributed by atoms with Gasteiger partial charge in [0, 0.05) is 11.6 Å². The lowest BCUT2D eigenvalue weighted by molar-refractivity contribution is 0.320. The van der Waals surface area contributed by atoms with Gasteiger partial charge in [-0.3, -0.25) is 0 Å². The topological polar surface area (TPSA) is 62.9 Å². The first kappa shape index (κ1) is 17.0. The second kappa shape index (κ2) is 7.74. The third-order valence-corrected chi connectivity index (χ3v) is 3.75. The Morgan fingerprint density at radius 2 is 1.43 bits per heavy atom. The molecule has 0 saturated carbocycles. The van der Waals surface area contributed by atoms with Gasteiger partial charge < -0.3 is 24.7 Å². The molecule has 0 fully saturated rings. The van der Waals surface area contributed by atoms with E-state index in [9.17, 15) is 0 Å². The van der Waals surface area contributed by atoms with Crippen LogP contribution in [0.4, 0.5) is 0 Å². The first-order valence-corrected chi connectivity index (χ1v) is 7.32. The smallest absolute Gasteiger partial charge is 0.203 e. The molecule has 2 rings (SSSR count). The van der Waals surface area contributed by atoms with E-state index in [1.165, 1.54) is 0 Å². The Balaban J connectivity index is 2.28. The van der Waals surface area contributed by atoms with Gasteiger partial charge in [0.2, 0.25) is 5.75 Å². The van der Waals surface area contributed by atoms with E-state index >= 15 is 0 Å². The van der Waals surface area contributed by atoms with Gasteiger partial charge in [0.15, 0.2) is 11.5 Å². The molecular formula is C18H23NO4. The van der Waals surface area contributed by atoms with Crippen LogP contribution < -0.4 is 24.7 Å². The minimum absolute atomic E-state index is 0.224. The van der Waals surface area contributed by atoms with Crippen molar-refractivity contribution in [2.75, 3.05) is 28.4 Å². The number of methoxy groups -OCH3 is 4. The van der Waals surface area contributed by atoms with E-state index in [-0.39, 0.29) is 6.04 Å². The van der Waals surface area contributed by atoms with Crippen molar-refractivity contribution >= 4 is 0 Å². The zero-order valence-electron chi connectivity index (χ0n) is 14.0. The molecule has 2 N–H and O–H groups in total. The third kappa shape index (κ3) is 3.68. The molecule has 5 heteroatoms. The number of hydrogen-bond acceptors (Lipinski definition) is 5. The fourth-order valence-corrected chi connectivity index (χ4v) is 2.54. The summed E-state index contributed by atoms with van der Waals surface area (Å²) in [4.78, 5) is 0. The zero-order valence-corrected chi connectivity index (χ0v) is 14.0. The highest BCUT2D eigenvalue weighted by molar-refractivity contribution is 5.56. The van der Waals surface area contributed by atoms with Gasteiger partial charge in [-0.2, -0.15) is 0 Å². The van der Waals surface area contributed by atoms with Gasteiger partial charge >= 0.3 is 0 Å².